The lowest BCUT2D eigenvalue weighted by molar-refractivity contribution is 0.222. The van der Waals surface area contributed by atoms with E-state index < -0.39 is 0 Å². The molecule has 0 bridgehead atoms. The van der Waals surface area contributed by atoms with E-state index in [1.165, 1.54) is 25.8 Å². The molecule has 0 aromatic carbocycles. The van der Waals surface area contributed by atoms with Crippen LogP contribution in [0.4, 0.5) is 0 Å². The van der Waals surface area contributed by atoms with Crippen LogP contribution in [0.15, 0.2) is 21.2 Å². The molecule has 2 rings (SSSR count). The minimum Gasteiger partial charge on any atom is -0.453 e. The van der Waals surface area contributed by atoms with Gasteiger partial charge in [0.25, 0.3) is 0 Å². The molecule has 1 aliphatic rings. The second-order valence-corrected chi connectivity index (χ2v) is 5.52. The molecule has 96 valence electrons. The van der Waals surface area contributed by atoms with E-state index in [0.29, 0.717) is 6.04 Å². The Hall–Kier alpha value is -0.320. The Kier molecular flexibility index (Phi) is 5.07. The average Bonchev–Trinajstić information content (AvgIpc) is 2.91. The Morgan fingerprint density at radius 3 is 3.00 bits per heavy atom. The number of halogens is 1. The van der Waals surface area contributed by atoms with E-state index in [1.807, 2.05) is 6.07 Å². The molecule has 1 atom stereocenters. The summed E-state index contributed by atoms with van der Waals surface area (Å²) in [5.41, 5.74) is 0. The van der Waals surface area contributed by atoms with Gasteiger partial charge in [0, 0.05) is 12.6 Å². The predicted molar refractivity (Wildman–Crippen MR) is 73.0 cm³/mol. The molecule has 1 N–H and O–H groups in total. The van der Waals surface area contributed by atoms with Crippen molar-refractivity contribution >= 4 is 15.9 Å². The van der Waals surface area contributed by atoms with Gasteiger partial charge in [0.15, 0.2) is 4.67 Å². The molecule has 0 amide bonds. The van der Waals surface area contributed by atoms with E-state index in [4.69, 9.17) is 4.42 Å². The summed E-state index contributed by atoms with van der Waals surface area (Å²) < 4.78 is 6.40. The lowest BCUT2D eigenvalue weighted by atomic mass is 10.2. The number of hydrogen-bond donors (Lipinski definition) is 1. The summed E-state index contributed by atoms with van der Waals surface area (Å²) in [5, 5.41) is 3.55. The number of rotatable bonds is 6. The van der Waals surface area contributed by atoms with Crippen molar-refractivity contribution in [3.05, 3.63) is 22.6 Å². The summed E-state index contributed by atoms with van der Waals surface area (Å²) in [4.78, 5) is 2.48. The summed E-state index contributed by atoms with van der Waals surface area (Å²) >= 11 is 3.35. The summed E-state index contributed by atoms with van der Waals surface area (Å²) in [6, 6.07) is 4.68. The van der Waals surface area contributed by atoms with Gasteiger partial charge in [-0.2, -0.15) is 0 Å². The fourth-order valence-corrected chi connectivity index (χ4v) is 2.77. The molecule has 1 unspecified atom stereocenters. The Morgan fingerprint density at radius 1 is 1.53 bits per heavy atom. The van der Waals surface area contributed by atoms with Crippen LogP contribution >= 0.6 is 15.9 Å². The normalized spacial score (nSPS) is 20.3. The third kappa shape index (κ3) is 4.12. The van der Waals surface area contributed by atoms with Crippen molar-refractivity contribution in [2.24, 2.45) is 0 Å². The van der Waals surface area contributed by atoms with Gasteiger partial charge in [0.1, 0.15) is 5.76 Å². The first-order valence-electron chi connectivity index (χ1n) is 6.48. The van der Waals surface area contributed by atoms with Gasteiger partial charge in [-0.15, -0.1) is 0 Å². The average molecular weight is 301 g/mol. The molecule has 1 saturated heterocycles. The zero-order chi connectivity index (χ0) is 12.1. The zero-order valence-electron chi connectivity index (χ0n) is 10.4. The largest absolute Gasteiger partial charge is 0.453 e. The molecule has 0 spiro atoms. The van der Waals surface area contributed by atoms with Crippen molar-refractivity contribution in [2.45, 2.75) is 38.8 Å². The summed E-state index contributed by atoms with van der Waals surface area (Å²) in [7, 11) is 0. The molecule has 1 aromatic heterocycles. The van der Waals surface area contributed by atoms with Crippen LogP contribution in [0.1, 0.15) is 31.9 Å². The molecule has 0 radical (unpaired) electrons. The summed E-state index contributed by atoms with van der Waals surface area (Å²) in [6.07, 6.45) is 3.81. The fourth-order valence-electron chi connectivity index (χ4n) is 2.43. The molecule has 0 saturated carbocycles. The molecule has 1 aromatic rings. The first kappa shape index (κ1) is 13.1. The van der Waals surface area contributed by atoms with Gasteiger partial charge in [-0.05, 0) is 60.4 Å². The van der Waals surface area contributed by atoms with Gasteiger partial charge in [-0.25, -0.2) is 0 Å². The molecular weight excluding hydrogens is 280 g/mol. The van der Waals surface area contributed by atoms with Gasteiger partial charge in [-0.3, -0.25) is 4.90 Å². The van der Waals surface area contributed by atoms with Crippen LogP contribution in [0.5, 0.6) is 0 Å². The van der Waals surface area contributed by atoms with E-state index in [-0.39, 0.29) is 0 Å². The Balaban J connectivity index is 1.87. The number of nitrogens with zero attached hydrogens (tertiary/aromatic N) is 1. The molecule has 4 heteroatoms. The van der Waals surface area contributed by atoms with E-state index in [2.05, 4.69) is 39.1 Å². The monoisotopic (exact) mass is 300 g/mol. The Morgan fingerprint density at radius 2 is 2.41 bits per heavy atom. The second-order valence-electron chi connectivity index (χ2n) is 4.73. The van der Waals surface area contributed by atoms with Crippen molar-refractivity contribution in [3.8, 4) is 0 Å². The minimum atomic E-state index is 0.667. The van der Waals surface area contributed by atoms with Crippen LogP contribution in [0.2, 0.25) is 0 Å². The summed E-state index contributed by atoms with van der Waals surface area (Å²) in [6.45, 7) is 6.59. The van der Waals surface area contributed by atoms with Gasteiger partial charge in [0.2, 0.25) is 0 Å². The maximum atomic E-state index is 5.58. The van der Waals surface area contributed by atoms with Crippen LogP contribution in [0.3, 0.4) is 0 Å². The smallest absolute Gasteiger partial charge is 0.169 e. The highest BCUT2D eigenvalue weighted by molar-refractivity contribution is 9.10. The van der Waals surface area contributed by atoms with Gasteiger partial charge in [0.05, 0.1) is 6.54 Å². The first-order valence-corrected chi connectivity index (χ1v) is 7.27. The number of hydrogen-bond acceptors (Lipinski definition) is 3. The second kappa shape index (κ2) is 6.57. The van der Waals surface area contributed by atoms with E-state index in [9.17, 15) is 0 Å². The topological polar surface area (TPSA) is 28.4 Å². The lowest BCUT2D eigenvalue weighted by Gasteiger charge is -2.24. The zero-order valence-corrected chi connectivity index (χ0v) is 12.0. The molecule has 0 aliphatic carbocycles. The van der Waals surface area contributed by atoms with Gasteiger partial charge < -0.3 is 9.73 Å². The summed E-state index contributed by atoms with van der Waals surface area (Å²) in [5.74, 6) is 1.04. The number of nitrogens with one attached hydrogen (secondary N) is 1. The molecule has 2 heterocycles. The quantitative estimate of drug-likeness (QED) is 0.875. The highest BCUT2D eigenvalue weighted by Gasteiger charge is 2.18. The van der Waals surface area contributed by atoms with E-state index >= 15 is 0 Å². The van der Waals surface area contributed by atoms with Crippen LogP contribution in [-0.2, 0) is 6.54 Å². The van der Waals surface area contributed by atoms with Crippen LogP contribution in [0, 0.1) is 0 Å². The SMILES string of the molecule is CCCN(Cc1ccc(Br)o1)CC1CCCN1. The fraction of sp³-hybridized carbons (Fsp3) is 0.692. The highest BCUT2D eigenvalue weighted by Crippen LogP contribution is 2.17. The van der Waals surface area contributed by atoms with Crippen molar-refractivity contribution in [3.63, 3.8) is 0 Å². The third-order valence-electron chi connectivity index (χ3n) is 3.19. The van der Waals surface area contributed by atoms with Gasteiger partial charge >= 0.3 is 0 Å². The molecule has 1 fully saturated rings. The third-order valence-corrected chi connectivity index (χ3v) is 3.62. The molecule has 1 aliphatic heterocycles. The van der Waals surface area contributed by atoms with Crippen molar-refractivity contribution in [1.82, 2.24) is 10.2 Å². The van der Waals surface area contributed by atoms with Gasteiger partial charge in [-0.1, -0.05) is 6.92 Å². The van der Waals surface area contributed by atoms with Crippen LogP contribution in [-0.4, -0.2) is 30.6 Å². The minimum absolute atomic E-state index is 0.667. The maximum absolute atomic E-state index is 5.58. The highest BCUT2D eigenvalue weighted by atomic mass is 79.9. The molecule has 3 nitrogen and oxygen atoms in total. The maximum Gasteiger partial charge on any atom is 0.169 e. The predicted octanol–water partition coefficient (Wildman–Crippen LogP) is 3.01. The van der Waals surface area contributed by atoms with Crippen molar-refractivity contribution in [2.75, 3.05) is 19.6 Å². The Bertz CT molecular complexity index is 334. The standard InChI is InChI=1S/C13H21BrN2O/c1-2-8-16(9-11-4-3-7-15-11)10-12-5-6-13(14)17-12/h5-6,11,15H,2-4,7-10H2,1H3. The first-order chi connectivity index (χ1) is 8.28. The van der Waals surface area contributed by atoms with Crippen LogP contribution < -0.4 is 5.32 Å². The molecular formula is C13H21BrN2O. The number of furan rings is 1. The van der Waals surface area contributed by atoms with Crippen molar-refractivity contribution < 1.29 is 4.42 Å². The van der Waals surface area contributed by atoms with Crippen LogP contribution in [0.25, 0.3) is 0 Å². The van der Waals surface area contributed by atoms with E-state index in [0.717, 1.165) is 30.1 Å². The lowest BCUT2D eigenvalue weighted by Crippen LogP contribution is -2.37. The Labute approximate surface area is 112 Å². The van der Waals surface area contributed by atoms with Crippen molar-refractivity contribution in [1.29, 1.82) is 0 Å². The molecule has 17 heavy (non-hydrogen) atoms. The van der Waals surface area contributed by atoms with E-state index in [1.54, 1.807) is 0 Å².